The number of ketones is 1. The van der Waals surface area contributed by atoms with E-state index in [1.165, 1.54) is 6.07 Å². The van der Waals surface area contributed by atoms with Gasteiger partial charge in [0.15, 0.2) is 5.78 Å². The molecule has 1 amide bonds. The maximum Gasteiger partial charge on any atom is 0.573 e. The van der Waals surface area contributed by atoms with Crippen LogP contribution in [0.25, 0.3) is 5.57 Å². The van der Waals surface area contributed by atoms with E-state index in [2.05, 4.69) is 10.1 Å². The number of Topliss-reactive ketones (excluding diaryl/α,β-unsaturated/α-hetero) is 1. The number of allylic oxidation sites excluding steroid dienone is 1. The summed E-state index contributed by atoms with van der Waals surface area (Å²) in [6.07, 6.45) is -4.57. The molecule has 1 aliphatic heterocycles. The number of fused-ring (bicyclic) bond motifs is 2. The predicted octanol–water partition coefficient (Wildman–Crippen LogP) is 3.73. The Bertz CT molecular complexity index is 960. The Morgan fingerprint density at radius 3 is 2.48 bits per heavy atom. The predicted molar refractivity (Wildman–Crippen MR) is 83.2 cm³/mol. The monoisotopic (exact) mass is 345 g/mol. The molecule has 25 heavy (non-hydrogen) atoms. The van der Waals surface area contributed by atoms with Crippen LogP contribution in [-0.2, 0) is 11.2 Å². The van der Waals surface area contributed by atoms with Gasteiger partial charge in [0.25, 0.3) is 5.91 Å². The highest BCUT2D eigenvalue weighted by atomic mass is 19.4. The number of hydrogen-bond acceptors (Lipinski definition) is 3. The van der Waals surface area contributed by atoms with Crippen molar-refractivity contribution in [2.45, 2.75) is 12.8 Å². The summed E-state index contributed by atoms with van der Waals surface area (Å²) >= 11 is 0. The Morgan fingerprint density at radius 2 is 1.76 bits per heavy atom. The molecule has 0 aromatic heterocycles. The number of ether oxygens (including phenoxy) is 1. The van der Waals surface area contributed by atoms with Crippen LogP contribution in [-0.4, -0.2) is 18.1 Å². The SMILES string of the molecule is O=C1Nc2ccc(OC(F)(F)F)cc2/C1=C1/Cc2ccccc2C1=O. The third kappa shape index (κ3) is 2.57. The summed E-state index contributed by atoms with van der Waals surface area (Å²) in [6, 6.07) is 10.5. The maximum absolute atomic E-state index is 12.6. The third-order valence-corrected chi connectivity index (χ3v) is 4.17. The second-order valence-electron chi connectivity index (χ2n) is 5.73. The fraction of sp³-hybridized carbons (Fsp3) is 0.111. The molecule has 126 valence electrons. The molecular weight excluding hydrogens is 335 g/mol. The molecule has 0 bridgehead atoms. The van der Waals surface area contributed by atoms with Crippen LogP contribution >= 0.6 is 0 Å². The number of amides is 1. The lowest BCUT2D eigenvalue weighted by molar-refractivity contribution is -0.274. The van der Waals surface area contributed by atoms with Crippen LogP contribution in [0.15, 0.2) is 48.0 Å². The first-order valence-electron chi connectivity index (χ1n) is 7.41. The average molecular weight is 345 g/mol. The van der Waals surface area contributed by atoms with Crippen molar-refractivity contribution in [1.29, 1.82) is 0 Å². The van der Waals surface area contributed by atoms with E-state index in [0.29, 0.717) is 11.3 Å². The molecule has 0 unspecified atom stereocenters. The molecule has 0 atom stereocenters. The number of carbonyl (C=O) groups excluding carboxylic acids is 2. The normalized spacial score (nSPS) is 18.8. The van der Waals surface area contributed by atoms with Gasteiger partial charge < -0.3 is 10.1 Å². The zero-order chi connectivity index (χ0) is 17.8. The standard InChI is InChI=1S/C18H10F3NO3/c19-18(20,21)25-10-5-6-14-12(8-10)15(17(24)22-14)13-7-9-3-1-2-4-11(9)16(13)23/h1-6,8H,7H2,(H,22,24)/b15-13+. The lowest BCUT2D eigenvalue weighted by Gasteiger charge is -2.10. The highest BCUT2D eigenvalue weighted by Gasteiger charge is 2.36. The number of nitrogens with one attached hydrogen (secondary N) is 1. The van der Waals surface area contributed by atoms with Crippen LogP contribution in [0, 0.1) is 0 Å². The average Bonchev–Trinajstić information content (AvgIpc) is 3.02. The van der Waals surface area contributed by atoms with Gasteiger partial charge in [-0.2, -0.15) is 0 Å². The van der Waals surface area contributed by atoms with Gasteiger partial charge in [-0.3, -0.25) is 9.59 Å². The van der Waals surface area contributed by atoms with Gasteiger partial charge in [0, 0.05) is 28.8 Å². The number of benzene rings is 2. The van der Waals surface area contributed by atoms with Crippen LogP contribution in [0.2, 0.25) is 0 Å². The van der Waals surface area contributed by atoms with Crippen molar-refractivity contribution < 1.29 is 27.5 Å². The zero-order valence-corrected chi connectivity index (χ0v) is 12.6. The molecule has 2 aromatic rings. The molecule has 1 aliphatic carbocycles. The molecular formula is C18H10F3NO3. The largest absolute Gasteiger partial charge is 0.573 e. The van der Waals surface area contributed by atoms with Gasteiger partial charge in [0.05, 0.1) is 5.57 Å². The van der Waals surface area contributed by atoms with Gasteiger partial charge in [-0.05, 0) is 23.8 Å². The molecule has 2 aliphatic rings. The number of hydrogen-bond donors (Lipinski definition) is 1. The Morgan fingerprint density at radius 1 is 1.00 bits per heavy atom. The molecule has 1 heterocycles. The van der Waals surface area contributed by atoms with E-state index in [9.17, 15) is 22.8 Å². The minimum absolute atomic E-state index is 0.101. The van der Waals surface area contributed by atoms with E-state index in [1.54, 1.807) is 24.3 Å². The minimum atomic E-state index is -4.84. The fourth-order valence-electron chi connectivity index (χ4n) is 3.17. The first kappa shape index (κ1) is 15.4. The highest BCUT2D eigenvalue weighted by Crippen LogP contribution is 2.41. The molecule has 4 rings (SSSR count). The summed E-state index contributed by atoms with van der Waals surface area (Å²) in [4.78, 5) is 24.9. The summed E-state index contributed by atoms with van der Waals surface area (Å²) in [5.41, 5.74) is 2.27. The van der Waals surface area contributed by atoms with E-state index in [-0.39, 0.29) is 28.9 Å². The number of rotatable bonds is 1. The summed E-state index contributed by atoms with van der Waals surface area (Å²) < 4.78 is 41.2. The van der Waals surface area contributed by atoms with Crippen LogP contribution in [0.3, 0.4) is 0 Å². The molecule has 0 saturated heterocycles. The maximum atomic E-state index is 12.6. The number of halogens is 3. The number of carbonyl (C=O) groups is 2. The topological polar surface area (TPSA) is 55.4 Å². The molecule has 0 radical (unpaired) electrons. The van der Waals surface area contributed by atoms with E-state index in [0.717, 1.165) is 17.7 Å². The summed E-state index contributed by atoms with van der Waals surface area (Å²) in [5.74, 6) is -1.23. The molecule has 0 saturated carbocycles. The van der Waals surface area contributed by atoms with E-state index in [1.807, 2.05) is 0 Å². The second-order valence-corrected chi connectivity index (χ2v) is 5.73. The zero-order valence-electron chi connectivity index (χ0n) is 12.6. The number of anilines is 1. The number of alkyl halides is 3. The molecule has 2 aromatic carbocycles. The van der Waals surface area contributed by atoms with Crippen LogP contribution in [0.5, 0.6) is 5.75 Å². The molecule has 0 fully saturated rings. The Balaban J connectivity index is 1.83. The molecule has 1 N–H and O–H groups in total. The lowest BCUT2D eigenvalue weighted by Crippen LogP contribution is -2.17. The quantitative estimate of drug-likeness (QED) is 0.802. The first-order valence-corrected chi connectivity index (χ1v) is 7.41. The van der Waals surface area contributed by atoms with Gasteiger partial charge in [-0.25, -0.2) is 0 Å². The van der Waals surface area contributed by atoms with Crippen molar-refractivity contribution in [3.63, 3.8) is 0 Å². The Hall–Kier alpha value is -3.09. The van der Waals surface area contributed by atoms with Crippen molar-refractivity contribution in [3.8, 4) is 5.75 Å². The third-order valence-electron chi connectivity index (χ3n) is 4.17. The van der Waals surface area contributed by atoms with Crippen molar-refractivity contribution in [2.75, 3.05) is 5.32 Å². The van der Waals surface area contributed by atoms with Gasteiger partial charge in [-0.15, -0.1) is 13.2 Å². The highest BCUT2D eigenvalue weighted by molar-refractivity contribution is 6.37. The van der Waals surface area contributed by atoms with Crippen LogP contribution in [0.4, 0.5) is 18.9 Å². The lowest BCUT2D eigenvalue weighted by atomic mass is 9.98. The summed E-state index contributed by atoms with van der Waals surface area (Å²) in [7, 11) is 0. The van der Waals surface area contributed by atoms with Crippen LogP contribution < -0.4 is 10.1 Å². The fourth-order valence-corrected chi connectivity index (χ4v) is 3.17. The van der Waals surface area contributed by atoms with Crippen molar-refractivity contribution in [3.05, 3.63) is 64.7 Å². The van der Waals surface area contributed by atoms with Crippen molar-refractivity contribution >= 4 is 23.0 Å². The minimum Gasteiger partial charge on any atom is -0.406 e. The van der Waals surface area contributed by atoms with E-state index in [4.69, 9.17) is 0 Å². The Labute approximate surface area is 139 Å². The van der Waals surface area contributed by atoms with Gasteiger partial charge in [0.1, 0.15) is 5.75 Å². The van der Waals surface area contributed by atoms with Gasteiger partial charge in [0.2, 0.25) is 0 Å². The van der Waals surface area contributed by atoms with E-state index >= 15 is 0 Å². The summed E-state index contributed by atoms with van der Waals surface area (Å²) in [6.45, 7) is 0. The molecule has 4 nitrogen and oxygen atoms in total. The summed E-state index contributed by atoms with van der Waals surface area (Å²) in [5, 5.41) is 2.58. The van der Waals surface area contributed by atoms with Crippen molar-refractivity contribution in [2.24, 2.45) is 0 Å². The first-order chi connectivity index (χ1) is 11.8. The van der Waals surface area contributed by atoms with Crippen molar-refractivity contribution in [1.82, 2.24) is 0 Å². The smallest absolute Gasteiger partial charge is 0.406 e. The Kier molecular flexibility index (Phi) is 3.21. The molecule has 0 spiro atoms. The van der Waals surface area contributed by atoms with Gasteiger partial charge in [-0.1, -0.05) is 24.3 Å². The van der Waals surface area contributed by atoms with Gasteiger partial charge >= 0.3 is 6.36 Å². The van der Waals surface area contributed by atoms with E-state index < -0.39 is 18.0 Å². The molecule has 7 heteroatoms. The van der Waals surface area contributed by atoms with Crippen LogP contribution in [0.1, 0.15) is 21.5 Å². The second kappa shape index (κ2) is 5.20.